The summed E-state index contributed by atoms with van der Waals surface area (Å²) in [5.41, 5.74) is 4.66. The molecule has 2 aliphatic carbocycles. The van der Waals surface area contributed by atoms with Crippen molar-refractivity contribution in [3.63, 3.8) is 0 Å². The van der Waals surface area contributed by atoms with Gasteiger partial charge in [-0.25, -0.2) is 0 Å². The van der Waals surface area contributed by atoms with Gasteiger partial charge in [-0.15, -0.1) is 0 Å². The van der Waals surface area contributed by atoms with Crippen molar-refractivity contribution in [2.75, 3.05) is 13.2 Å². The molecule has 0 aromatic heterocycles. The molecule has 0 unspecified atom stereocenters. The number of rotatable bonds is 3. The van der Waals surface area contributed by atoms with Crippen molar-refractivity contribution in [2.45, 2.75) is 79.4 Å². The summed E-state index contributed by atoms with van der Waals surface area (Å²) in [5.74, 6) is -0.465. The topological polar surface area (TPSA) is 18.5 Å². The van der Waals surface area contributed by atoms with E-state index in [0.717, 1.165) is 19.6 Å². The summed E-state index contributed by atoms with van der Waals surface area (Å²) in [7, 11) is -1.23. The van der Waals surface area contributed by atoms with Crippen LogP contribution in [0.4, 0.5) is 0 Å². The van der Waals surface area contributed by atoms with E-state index >= 15 is 0 Å². The first-order chi connectivity index (χ1) is 13.8. The molecule has 31 heavy (non-hydrogen) atoms. The van der Waals surface area contributed by atoms with Crippen LogP contribution in [0.3, 0.4) is 0 Å². The van der Waals surface area contributed by atoms with Crippen LogP contribution in [-0.2, 0) is 26.3 Å². The largest absolute Gasteiger partial charge is 0.350 e. The van der Waals surface area contributed by atoms with Crippen molar-refractivity contribution in [3.05, 3.63) is 65.7 Å². The summed E-state index contributed by atoms with van der Waals surface area (Å²) in [5, 5.41) is 0. The smallest absolute Gasteiger partial charge is 0.162 e. The second kappa shape index (κ2) is 11.0. The second-order valence-corrected chi connectivity index (χ2v) is 17.0. The predicted octanol–water partition coefficient (Wildman–Crippen LogP) is 7.66. The quantitative estimate of drug-likeness (QED) is 0.381. The van der Waals surface area contributed by atoms with Crippen molar-refractivity contribution < 1.29 is 26.3 Å². The normalized spacial score (nSPS) is 22.3. The first-order valence-electron chi connectivity index (χ1n) is 11.3. The van der Waals surface area contributed by atoms with Crippen LogP contribution in [0.5, 0.6) is 0 Å². The van der Waals surface area contributed by atoms with Gasteiger partial charge < -0.3 is 9.47 Å². The molecule has 4 heteroatoms. The maximum Gasteiger partial charge on any atom is 0.162 e. The standard InChI is InChI=1S/C22H38O2Si.C5H5.Co/c1-10-11-18-17(14-25(7,8)9)12-22(13-19(18)20(2,3)4)15-23-21(5,6)24-16-22;1-2-4-5-3-1;/h10-12H,13-16H2,1-9H3;1-5H;/b11-10+;;. The molecule has 1 heterocycles. The van der Waals surface area contributed by atoms with E-state index in [-0.39, 0.29) is 27.6 Å². The van der Waals surface area contributed by atoms with Crippen LogP contribution in [0, 0.1) is 17.3 Å². The van der Waals surface area contributed by atoms with Gasteiger partial charge in [0.05, 0.1) is 13.2 Å². The molecule has 1 spiro atoms. The summed E-state index contributed by atoms with van der Waals surface area (Å²) >= 11 is 0. The molecule has 0 N–H and O–H groups in total. The molecule has 176 valence electrons. The van der Waals surface area contributed by atoms with Gasteiger partial charge in [0.2, 0.25) is 0 Å². The number of hydrogen-bond donors (Lipinski definition) is 0. The SMILES string of the molecule is C/C=C/C1=C(C(C)(C)C)CC2(C=C1C[Si](C)(C)C)COC(C)(C)OC2.[CH]1C=CC=C1.[Co]. The van der Waals surface area contributed by atoms with Gasteiger partial charge in [0, 0.05) is 36.7 Å². The van der Waals surface area contributed by atoms with Crippen LogP contribution in [-0.4, -0.2) is 27.1 Å². The van der Waals surface area contributed by atoms with Gasteiger partial charge in [-0.3, -0.25) is 0 Å². The van der Waals surface area contributed by atoms with Crippen molar-refractivity contribution in [1.82, 2.24) is 0 Å². The molecule has 0 bridgehead atoms. The fourth-order valence-corrected chi connectivity index (χ4v) is 5.56. The molecule has 3 aliphatic rings. The van der Waals surface area contributed by atoms with Crippen LogP contribution < -0.4 is 0 Å². The second-order valence-electron chi connectivity index (χ2n) is 11.5. The van der Waals surface area contributed by atoms with E-state index in [1.54, 1.807) is 5.57 Å². The van der Waals surface area contributed by atoms with Crippen LogP contribution in [0.1, 0.15) is 48.0 Å². The minimum Gasteiger partial charge on any atom is -0.350 e. The fourth-order valence-electron chi connectivity index (χ4n) is 4.13. The Kier molecular flexibility index (Phi) is 10.0. The molecule has 0 aromatic rings. The van der Waals surface area contributed by atoms with Crippen molar-refractivity contribution in [1.29, 1.82) is 0 Å². The first-order valence-corrected chi connectivity index (χ1v) is 15.0. The Balaban J connectivity index is 0.000000701. The van der Waals surface area contributed by atoms with Gasteiger partial charge in [-0.05, 0) is 49.8 Å². The summed E-state index contributed by atoms with van der Waals surface area (Å²) in [6.45, 7) is 22.0. The van der Waals surface area contributed by atoms with Gasteiger partial charge in [0.25, 0.3) is 0 Å². The molecule has 1 aliphatic heterocycles. The number of allylic oxidation sites excluding steroid dienone is 9. The maximum absolute atomic E-state index is 6.10. The molecule has 1 fully saturated rings. The van der Waals surface area contributed by atoms with E-state index in [1.165, 1.54) is 17.2 Å². The monoisotopic (exact) mass is 486 g/mol. The van der Waals surface area contributed by atoms with E-state index in [2.05, 4.69) is 65.6 Å². The Bertz CT molecular complexity index is 735. The molecule has 3 rings (SSSR count). The summed E-state index contributed by atoms with van der Waals surface area (Å²) in [6, 6.07) is 1.21. The Morgan fingerprint density at radius 1 is 1.00 bits per heavy atom. The molecule has 0 atom stereocenters. The third-order valence-corrected chi connectivity index (χ3v) is 7.05. The van der Waals surface area contributed by atoms with Crippen LogP contribution >= 0.6 is 0 Å². The molecule has 2 nitrogen and oxygen atoms in total. The first kappa shape index (κ1) is 28.4. The molecule has 2 radical (unpaired) electrons. The third-order valence-electron chi connectivity index (χ3n) is 5.61. The Hall–Kier alpha value is -0.657. The maximum atomic E-state index is 6.10. The van der Waals surface area contributed by atoms with Crippen molar-refractivity contribution in [3.8, 4) is 0 Å². The molecular weight excluding hydrogens is 443 g/mol. The summed E-state index contributed by atoms with van der Waals surface area (Å²) in [4.78, 5) is 0. The van der Waals surface area contributed by atoms with Crippen molar-refractivity contribution in [2.24, 2.45) is 10.8 Å². The van der Waals surface area contributed by atoms with E-state index in [4.69, 9.17) is 9.47 Å². The minimum atomic E-state index is -1.23. The third kappa shape index (κ3) is 8.66. The Morgan fingerprint density at radius 2 is 1.55 bits per heavy atom. The fraction of sp³-hybridized carbons (Fsp3) is 0.593. The Labute approximate surface area is 203 Å². The van der Waals surface area contributed by atoms with Gasteiger partial charge in [0.15, 0.2) is 5.79 Å². The average molecular weight is 487 g/mol. The van der Waals surface area contributed by atoms with Gasteiger partial charge >= 0.3 is 0 Å². The van der Waals surface area contributed by atoms with Gasteiger partial charge in [-0.2, -0.15) is 0 Å². The van der Waals surface area contributed by atoms with Gasteiger partial charge in [0.1, 0.15) is 0 Å². The van der Waals surface area contributed by atoms with E-state index in [9.17, 15) is 0 Å². The molecule has 0 aromatic carbocycles. The zero-order chi connectivity index (χ0) is 22.6. The van der Waals surface area contributed by atoms with E-state index in [0.29, 0.717) is 0 Å². The number of ether oxygens (including phenoxy) is 2. The molecule has 1 saturated heterocycles. The predicted molar refractivity (Wildman–Crippen MR) is 133 cm³/mol. The molecule has 0 amide bonds. The summed E-state index contributed by atoms with van der Waals surface area (Å²) in [6.07, 6.45) is 18.1. The number of hydrogen-bond acceptors (Lipinski definition) is 2. The van der Waals surface area contributed by atoms with E-state index < -0.39 is 13.9 Å². The Morgan fingerprint density at radius 3 is 1.94 bits per heavy atom. The van der Waals surface area contributed by atoms with Crippen LogP contribution in [0.2, 0.25) is 25.7 Å². The van der Waals surface area contributed by atoms with Crippen LogP contribution in [0.25, 0.3) is 0 Å². The summed E-state index contributed by atoms with van der Waals surface area (Å²) < 4.78 is 12.2. The molecule has 0 saturated carbocycles. The van der Waals surface area contributed by atoms with Gasteiger partial charge in [-0.1, -0.05) is 88.5 Å². The van der Waals surface area contributed by atoms with Crippen molar-refractivity contribution >= 4 is 8.07 Å². The average Bonchev–Trinajstić information content (AvgIpc) is 3.18. The molecular formula is C27H43CoO2Si. The minimum absolute atomic E-state index is 0. The zero-order valence-corrected chi connectivity index (χ0v) is 23.1. The van der Waals surface area contributed by atoms with Crippen LogP contribution in [0.15, 0.2) is 59.3 Å². The zero-order valence-electron chi connectivity index (χ0n) is 21.1. The van der Waals surface area contributed by atoms with E-state index in [1.807, 2.05) is 44.6 Å².